The fourth-order valence-corrected chi connectivity index (χ4v) is 0.846. The van der Waals surface area contributed by atoms with Crippen LogP contribution in [-0.4, -0.2) is 75.1 Å². The molecule has 0 aliphatic rings. The number of rotatable bonds is 6. The number of hydrogen-bond donors (Lipinski definition) is 6. The zero-order chi connectivity index (χ0) is 11.3. The molecule has 6 N–H and O–H groups in total. The lowest BCUT2D eigenvalue weighted by Crippen LogP contribution is -2.50. The first-order valence-corrected chi connectivity index (χ1v) is 3.99. The highest BCUT2D eigenvalue weighted by molar-refractivity contribution is 4.81. The molecule has 0 aliphatic heterocycles. The van der Waals surface area contributed by atoms with Gasteiger partial charge in [0.05, 0.1) is 6.61 Å². The largest absolute Gasteiger partial charge is 0.394 e. The molecule has 7 nitrogen and oxygen atoms in total. The van der Waals surface area contributed by atoms with Crippen molar-refractivity contribution in [2.24, 2.45) is 0 Å². The first-order chi connectivity index (χ1) is 6.45. The maximum absolute atomic E-state index is 9.18. The van der Waals surface area contributed by atoms with Gasteiger partial charge in [0.25, 0.3) is 0 Å². The molecule has 0 saturated heterocycles. The molecule has 0 aromatic carbocycles. The summed E-state index contributed by atoms with van der Waals surface area (Å²) in [6.07, 6.45) is -8.61. The monoisotopic (exact) mass is 212 g/mol. The van der Waals surface area contributed by atoms with Gasteiger partial charge in [-0.3, -0.25) is 0 Å². The van der Waals surface area contributed by atoms with Crippen LogP contribution in [0.25, 0.3) is 0 Å². The summed E-state index contributed by atoms with van der Waals surface area (Å²) < 4.78 is 4.29. The van der Waals surface area contributed by atoms with Gasteiger partial charge in [-0.25, -0.2) is 0 Å². The van der Waals surface area contributed by atoms with Crippen molar-refractivity contribution < 1.29 is 35.4 Å². The van der Waals surface area contributed by atoms with Crippen LogP contribution < -0.4 is 0 Å². The minimum absolute atomic E-state index is 0.770. The molecule has 0 rings (SSSR count). The molecule has 14 heavy (non-hydrogen) atoms. The van der Waals surface area contributed by atoms with Crippen LogP contribution in [0.4, 0.5) is 0 Å². The van der Waals surface area contributed by atoms with Crippen LogP contribution in [0.3, 0.4) is 0 Å². The zero-order valence-electron chi connectivity index (χ0n) is 7.69. The lowest BCUT2D eigenvalue weighted by Gasteiger charge is -2.27. The molecule has 0 heterocycles. The summed E-state index contributed by atoms with van der Waals surface area (Å²) in [6, 6.07) is 0. The number of ether oxygens (including phenoxy) is 1. The van der Waals surface area contributed by atoms with Crippen LogP contribution in [0.1, 0.15) is 0 Å². The molecule has 0 aromatic heterocycles. The Morgan fingerprint density at radius 1 is 0.929 bits per heavy atom. The molecule has 7 heteroatoms. The van der Waals surface area contributed by atoms with Crippen molar-refractivity contribution in [2.75, 3.05) is 13.7 Å². The van der Waals surface area contributed by atoms with Crippen LogP contribution in [0, 0.1) is 0 Å². The van der Waals surface area contributed by atoms with Crippen LogP contribution >= 0.6 is 0 Å². The summed E-state index contributed by atoms with van der Waals surface area (Å²) in [4.78, 5) is 0. The Kier molecular flexibility index (Phi) is 6.12. The number of methoxy groups -OCH3 is 1. The van der Waals surface area contributed by atoms with Crippen LogP contribution in [-0.2, 0) is 4.74 Å². The van der Waals surface area contributed by atoms with Gasteiger partial charge >= 0.3 is 0 Å². The molecular formula is C7H16O7. The van der Waals surface area contributed by atoms with E-state index >= 15 is 0 Å². The molecule has 0 spiro atoms. The normalized spacial score (nSPS) is 22.5. The Labute approximate surface area is 80.8 Å². The van der Waals surface area contributed by atoms with Gasteiger partial charge in [0, 0.05) is 7.11 Å². The molecule has 0 aromatic rings. The Morgan fingerprint density at radius 3 is 1.79 bits per heavy atom. The lowest BCUT2D eigenvalue weighted by atomic mass is 10.0. The van der Waals surface area contributed by atoms with Crippen molar-refractivity contribution in [1.82, 2.24) is 0 Å². The highest BCUT2D eigenvalue weighted by Crippen LogP contribution is 2.08. The van der Waals surface area contributed by atoms with Crippen molar-refractivity contribution in [1.29, 1.82) is 0 Å². The average molecular weight is 212 g/mol. The zero-order valence-corrected chi connectivity index (χ0v) is 7.69. The third-order valence-corrected chi connectivity index (χ3v) is 1.81. The number of aliphatic hydroxyl groups is 6. The molecule has 86 valence electrons. The first-order valence-electron chi connectivity index (χ1n) is 3.99. The molecule has 0 unspecified atom stereocenters. The molecule has 0 amide bonds. The Morgan fingerprint density at radius 2 is 1.43 bits per heavy atom. The van der Waals surface area contributed by atoms with Crippen molar-refractivity contribution in [3.63, 3.8) is 0 Å². The standard InChI is InChI=1S/C7H16O7/c1-14-7(13)6(12)5(11)4(10)3(9)2-8/h3-13H,2H2,1H3/t3-,4-,5-,6-,7+/m1/s1. The second-order valence-corrected chi connectivity index (χ2v) is 2.85. The molecule has 0 saturated carbocycles. The van der Waals surface area contributed by atoms with Gasteiger partial charge in [-0.2, -0.15) is 0 Å². The van der Waals surface area contributed by atoms with E-state index in [4.69, 9.17) is 25.5 Å². The SMILES string of the molecule is CO[C@H](O)[C@H](O)[C@H](O)[C@H](O)[C@H](O)CO. The van der Waals surface area contributed by atoms with Crippen LogP contribution in [0.5, 0.6) is 0 Å². The van der Waals surface area contributed by atoms with E-state index in [1.165, 1.54) is 0 Å². The Hall–Kier alpha value is -0.280. The van der Waals surface area contributed by atoms with Gasteiger partial charge in [-0.05, 0) is 0 Å². The van der Waals surface area contributed by atoms with Gasteiger partial charge in [-0.15, -0.1) is 0 Å². The number of aliphatic hydroxyl groups excluding tert-OH is 6. The van der Waals surface area contributed by atoms with E-state index in [9.17, 15) is 5.11 Å². The van der Waals surface area contributed by atoms with E-state index in [1.807, 2.05) is 0 Å². The van der Waals surface area contributed by atoms with E-state index in [2.05, 4.69) is 4.74 Å². The predicted molar refractivity (Wildman–Crippen MR) is 44.1 cm³/mol. The third-order valence-electron chi connectivity index (χ3n) is 1.81. The lowest BCUT2D eigenvalue weighted by molar-refractivity contribution is -0.201. The van der Waals surface area contributed by atoms with Crippen LogP contribution in [0.2, 0.25) is 0 Å². The summed E-state index contributed by atoms with van der Waals surface area (Å²) in [7, 11) is 1.09. The summed E-state index contributed by atoms with van der Waals surface area (Å²) in [6.45, 7) is -0.770. The molecule has 0 radical (unpaired) electrons. The van der Waals surface area contributed by atoms with Crippen molar-refractivity contribution in [3.05, 3.63) is 0 Å². The predicted octanol–water partition coefficient (Wildman–Crippen LogP) is -3.61. The summed E-state index contributed by atoms with van der Waals surface area (Å²) >= 11 is 0. The topological polar surface area (TPSA) is 131 Å². The van der Waals surface area contributed by atoms with E-state index in [0.717, 1.165) is 7.11 Å². The maximum atomic E-state index is 9.18. The second-order valence-electron chi connectivity index (χ2n) is 2.85. The quantitative estimate of drug-likeness (QED) is 0.251. The minimum Gasteiger partial charge on any atom is -0.394 e. The third kappa shape index (κ3) is 3.46. The fourth-order valence-electron chi connectivity index (χ4n) is 0.846. The fraction of sp³-hybridized carbons (Fsp3) is 1.00. The average Bonchev–Trinajstić information content (AvgIpc) is 2.23. The van der Waals surface area contributed by atoms with E-state index in [1.54, 1.807) is 0 Å². The smallest absolute Gasteiger partial charge is 0.183 e. The minimum atomic E-state index is -1.81. The first kappa shape index (κ1) is 13.7. The van der Waals surface area contributed by atoms with Gasteiger partial charge in [-0.1, -0.05) is 0 Å². The van der Waals surface area contributed by atoms with Crippen molar-refractivity contribution in [2.45, 2.75) is 30.7 Å². The van der Waals surface area contributed by atoms with Crippen molar-refractivity contribution >= 4 is 0 Å². The van der Waals surface area contributed by atoms with Gasteiger partial charge in [0.1, 0.15) is 24.4 Å². The van der Waals surface area contributed by atoms with Crippen LogP contribution in [0.15, 0.2) is 0 Å². The number of hydrogen-bond acceptors (Lipinski definition) is 7. The van der Waals surface area contributed by atoms with E-state index < -0.39 is 37.3 Å². The molecular weight excluding hydrogens is 196 g/mol. The van der Waals surface area contributed by atoms with E-state index in [-0.39, 0.29) is 0 Å². The summed E-state index contributed by atoms with van der Waals surface area (Å²) in [5.74, 6) is 0. The summed E-state index contributed by atoms with van der Waals surface area (Å²) in [5, 5.41) is 53.7. The molecule has 5 atom stereocenters. The highest BCUT2D eigenvalue weighted by atomic mass is 16.6. The van der Waals surface area contributed by atoms with Gasteiger partial charge < -0.3 is 35.4 Å². The van der Waals surface area contributed by atoms with E-state index in [0.29, 0.717) is 0 Å². The van der Waals surface area contributed by atoms with Gasteiger partial charge in [0.15, 0.2) is 6.29 Å². The van der Waals surface area contributed by atoms with Crippen molar-refractivity contribution in [3.8, 4) is 0 Å². The summed E-state index contributed by atoms with van der Waals surface area (Å²) in [5.41, 5.74) is 0. The Bertz CT molecular complexity index is 137. The maximum Gasteiger partial charge on any atom is 0.183 e. The Balaban J connectivity index is 4.22. The second kappa shape index (κ2) is 6.25. The van der Waals surface area contributed by atoms with Gasteiger partial charge in [0.2, 0.25) is 0 Å². The molecule has 0 fully saturated rings. The highest BCUT2D eigenvalue weighted by Gasteiger charge is 2.33. The molecule has 0 aliphatic carbocycles. The molecule has 0 bridgehead atoms.